The third kappa shape index (κ3) is 4.60. The van der Waals surface area contributed by atoms with Gasteiger partial charge in [0.1, 0.15) is 6.61 Å². The first-order valence-electron chi connectivity index (χ1n) is 4.94. The highest BCUT2D eigenvalue weighted by molar-refractivity contribution is 5.12. The van der Waals surface area contributed by atoms with Crippen molar-refractivity contribution in [3.05, 3.63) is 12.4 Å². The maximum absolute atomic E-state index is 5.38. The van der Waals surface area contributed by atoms with E-state index >= 15 is 0 Å². The molecular formula is C10H17N3O2. The molecule has 5 nitrogen and oxygen atoms in total. The fourth-order valence-electron chi connectivity index (χ4n) is 1.00. The maximum Gasteiger partial charge on any atom is 0.235 e. The summed E-state index contributed by atoms with van der Waals surface area (Å²) in [7, 11) is 1.55. The number of methoxy groups -OCH3 is 1. The number of rotatable bonds is 6. The summed E-state index contributed by atoms with van der Waals surface area (Å²) < 4.78 is 10.3. The molecule has 0 amide bonds. The topological polar surface area (TPSA) is 56.3 Å². The van der Waals surface area contributed by atoms with Crippen LogP contribution in [0.5, 0.6) is 11.8 Å². The van der Waals surface area contributed by atoms with E-state index in [2.05, 4.69) is 29.1 Å². The lowest BCUT2D eigenvalue weighted by Gasteiger charge is -2.09. The van der Waals surface area contributed by atoms with Gasteiger partial charge >= 0.3 is 0 Å². The van der Waals surface area contributed by atoms with Crippen LogP contribution in [0.3, 0.4) is 0 Å². The molecule has 84 valence electrons. The molecule has 0 spiro atoms. The van der Waals surface area contributed by atoms with Gasteiger partial charge in [-0.15, -0.1) is 0 Å². The van der Waals surface area contributed by atoms with Gasteiger partial charge in [0, 0.05) is 12.6 Å². The second-order valence-electron chi connectivity index (χ2n) is 3.36. The Kier molecular flexibility index (Phi) is 4.83. The van der Waals surface area contributed by atoms with Crippen LogP contribution in [0.2, 0.25) is 0 Å². The van der Waals surface area contributed by atoms with E-state index in [1.807, 2.05) is 0 Å². The van der Waals surface area contributed by atoms with E-state index in [4.69, 9.17) is 9.47 Å². The molecule has 1 N–H and O–H groups in total. The molecule has 1 rings (SSSR count). The van der Waals surface area contributed by atoms with E-state index in [9.17, 15) is 0 Å². The van der Waals surface area contributed by atoms with Crippen LogP contribution in [0.15, 0.2) is 12.4 Å². The molecule has 0 saturated carbocycles. The summed E-state index contributed by atoms with van der Waals surface area (Å²) >= 11 is 0. The lowest BCUT2D eigenvalue weighted by Crippen LogP contribution is -2.27. The first-order chi connectivity index (χ1) is 7.22. The number of hydrogen-bond donors (Lipinski definition) is 1. The van der Waals surface area contributed by atoms with E-state index in [1.165, 1.54) is 0 Å². The second kappa shape index (κ2) is 6.19. The van der Waals surface area contributed by atoms with Gasteiger partial charge in [-0.25, -0.2) is 0 Å². The number of hydrogen-bond acceptors (Lipinski definition) is 5. The Morgan fingerprint density at radius 1 is 1.33 bits per heavy atom. The zero-order valence-corrected chi connectivity index (χ0v) is 9.36. The average Bonchev–Trinajstić information content (AvgIpc) is 2.24. The molecule has 0 atom stereocenters. The van der Waals surface area contributed by atoms with Crippen LogP contribution in [0.25, 0.3) is 0 Å². The van der Waals surface area contributed by atoms with Crippen molar-refractivity contribution in [3.63, 3.8) is 0 Å². The van der Waals surface area contributed by atoms with Gasteiger partial charge in [0.25, 0.3) is 0 Å². The summed E-state index contributed by atoms with van der Waals surface area (Å²) in [6.45, 7) is 5.54. The second-order valence-corrected chi connectivity index (χ2v) is 3.36. The molecule has 1 aromatic rings. The molecule has 0 radical (unpaired) electrons. The number of nitrogens with zero attached hydrogens (tertiary/aromatic N) is 2. The standard InChI is InChI=1S/C10H17N3O2/c1-8(2)12-4-5-15-10-7-11-6-9(13-10)14-3/h6-8,12H,4-5H2,1-3H3. The third-order valence-corrected chi connectivity index (χ3v) is 1.70. The highest BCUT2D eigenvalue weighted by Gasteiger charge is 1.99. The minimum atomic E-state index is 0.462. The van der Waals surface area contributed by atoms with Crippen molar-refractivity contribution in [2.45, 2.75) is 19.9 Å². The Hall–Kier alpha value is -1.36. The first kappa shape index (κ1) is 11.7. The molecule has 0 saturated heterocycles. The lowest BCUT2D eigenvalue weighted by atomic mass is 10.4. The van der Waals surface area contributed by atoms with E-state index < -0.39 is 0 Å². The molecule has 0 bridgehead atoms. The van der Waals surface area contributed by atoms with Crippen molar-refractivity contribution in [2.75, 3.05) is 20.3 Å². The fraction of sp³-hybridized carbons (Fsp3) is 0.600. The molecule has 0 aliphatic rings. The van der Waals surface area contributed by atoms with Gasteiger partial charge in [0.05, 0.1) is 19.5 Å². The van der Waals surface area contributed by atoms with Crippen LogP contribution in [0.1, 0.15) is 13.8 Å². The summed E-state index contributed by atoms with van der Waals surface area (Å²) in [6, 6.07) is 0.463. The molecule has 5 heteroatoms. The molecule has 15 heavy (non-hydrogen) atoms. The molecule has 1 aromatic heterocycles. The highest BCUT2D eigenvalue weighted by atomic mass is 16.5. The fourth-order valence-corrected chi connectivity index (χ4v) is 1.00. The minimum Gasteiger partial charge on any atom is -0.480 e. The lowest BCUT2D eigenvalue weighted by molar-refractivity contribution is 0.289. The van der Waals surface area contributed by atoms with Gasteiger partial charge in [-0.3, -0.25) is 4.98 Å². The highest BCUT2D eigenvalue weighted by Crippen LogP contribution is 2.09. The predicted molar refractivity (Wildman–Crippen MR) is 57.2 cm³/mol. The minimum absolute atomic E-state index is 0.462. The predicted octanol–water partition coefficient (Wildman–Crippen LogP) is 0.862. The Bertz CT molecular complexity index is 292. The maximum atomic E-state index is 5.38. The van der Waals surface area contributed by atoms with Crippen molar-refractivity contribution >= 4 is 0 Å². The Morgan fingerprint density at radius 2 is 2.07 bits per heavy atom. The molecule has 0 aromatic carbocycles. The van der Waals surface area contributed by atoms with E-state index in [0.717, 1.165) is 6.54 Å². The molecule has 0 unspecified atom stereocenters. The largest absolute Gasteiger partial charge is 0.480 e. The van der Waals surface area contributed by atoms with Gasteiger partial charge in [-0.1, -0.05) is 13.8 Å². The summed E-state index contributed by atoms with van der Waals surface area (Å²) in [6.07, 6.45) is 3.11. The third-order valence-electron chi connectivity index (χ3n) is 1.70. The molecule has 1 heterocycles. The Labute approximate surface area is 89.8 Å². The monoisotopic (exact) mass is 211 g/mol. The molecule has 0 fully saturated rings. The molecule has 0 aliphatic carbocycles. The van der Waals surface area contributed by atoms with Crippen molar-refractivity contribution in [1.82, 2.24) is 15.3 Å². The van der Waals surface area contributed by atoms with Gasteiger partial charge < -0.3 is 14.8 Å². The normalized spacial score (nSPS) is 10.4. The zero-order chi connectivity index (χ0) is 11.1. The van der Waals surface area contributed by atoms with Gasteiger partial charge in [0.15, 0.2) is 0 Å². The van der Waals surface area contributed by atoms with Gasteiger partial charge in [0.2, 0.25) is 11.8 Å². The van der Waals surface area contributed by atoms with Crippen molar-refractivity contribution < 1.29 is 9.47 Å². The van der Waals surface area contributed by atoms with Gasteiger partial charge in [-0.05, 0) is 0 Å². The summed E-state index contributed by atoms with van der Waals surface area (Å²) in [5.74, 6) is 0.948. The first-order valence-corrected chi connectivity index (χ1v) is 4.94. The summed E-state index contributed by atoms with van der Waals surface area (Å²) in [4.78, 5) is 8.01. The van der Waals surface area contributed by atoms with Crippen molar-refractivity contribution in [3.8, 4) is 11.8 Å². The van der Waals surface area contributed by atoms with Gasteiger partial charge in [-0.2, -0.15) is 4.98 Å². The van der Waals surface area contributed by atoms with Crippen LogP contribution in [0, 0.1) is 0 Å². The smallest absolute Gasteiger partial charge is 0.235 e. The zero-order valence-electron chi connectivity index (χ0n) is 9.36. The van der Waals surface area contributed by atoms with Crippen LogP contribution < -0.4 is 14.8 Å². The average molecular weight is 211 g/mol. The number of ether oxygens (including phenoxy) is 2. The van der Waals surface area contributed by atoms with E-state index in [0.29, 0.717) is 24.4 Å². The van der Waals surface area contributed by atoms with Crippen LogP contribution >= 0.6 is 0 Å². The van der Waals surface area contributed by atoms with Crippen LogP contribution in [0.4, 0.5) is 0 Å². The number of aromatic nitrogens is 2. The van der Waals surface area contributed by atoms with E-state index in [-0.39, 0.29) is 0 Å². The van der Waals surface area contributed by atoms with Crippen molar-refractivity contribution in [2.24, 2.45) is 0 Å². The summed E-state index contributed by atoms with van der Waals surface area (Å²) in [5.41, 5.74) is 0. The van der Waals surface area contributed by atoms with Crippen LogP contribution in [-0.4, -0.2) is 36.3 Å². The van der Waals surface area contributed by atoms with E-state index in [1.54, 1.807) is 19.5 Å². The Morgan fingerprint density at radius 3 is 2.73 bits per heavy atom. The van der Waals surface area contributed by atoms with Crippen molar-refractivity contribution in [1.29, 1.82) is 0 Å². The SMILES string of the molecule is COc1cncc(OCCNC(C)C)n1. The molecule has 0 aliphatic heterocycles. The quantitative estimate of drug-likeness (QED) is 0.707. The molecular weight excluding hydrogens is 194 g/mol. The number of nitrogens with one attached hydrogen (secondary N) is 1. The summed E-state index contributed by atoms with van der Waals surface area (Å²) in [5, 5.41) is 3.24. The van der Waals surface area contributed by atoms with Crippen LogP contribution in [-0.2, 0) is 0 Å². The Balaban J connectivity index is 2.30.